The van der Waals surface area contributed by atoms with Crippen LogP contribution in [0.2, 0.25) is 0 Å². The Kier molecular flexibility index (Phi) is 4.48. The average Bonchev–Trinajstić information content (AvgIpc) is 2.47. The van der Waals surface area contributed by atoms with E-state index in [1.165, 1.54) is 17.7 Å². The summed E-state index contributed by atoms with van der Waals surface area (Å²) in [4.78, 5) is -0.0527. The van der Waals surface area contributed by atoms with Crippen molar-refractivity contribution >= 4 is 15.9 Å². The van der Waals surface area contributed by atoms with E-state index in [1.54, 1.807) is 13.2 Å². The van der Waals surface area contributed by atoms with E-state index in [0.29, 0.717) is 5.75 Å². The van der Waals surface area contributed by atoms with Crippen LogP contribution in [0.15, 0.2) is 48.5 Å². The lowest BCUT2D eigenvalue weighted by Gasteiger charge is -2.32. The highest BCUT2D eigenvalue weighted by Crippen LogP contribution is 2.45. The van der Waals surface area contributed by atoms with Gasteiger partial charge in [0.1, 0.15) is 11.6 Å². The van der Waals surface area contributed by atoms with Gasteiger partial charge in [-0.1, -0.05) is 60.1 Å². The molecule has 0 aliphatic carbocycles. The van der Waals surface area contributed by atoms with Crippen molar-refractivity contribution in [1.29, 1.82) is 0 Å². The van der Waals surface area contributed by atoms with Crippen LogP contribution in [-0.2, 0) is 5.41 Å². The van der Waals surface area contributed by atoms with Crippen molar-refractivity contribution in [2.75, 3.05) is 7.11 Å². The lowest BCUT2D eigenvalue weighted by molar-refractivity contribution is 0.400. The molecule has 0 aromatic heterocycles. The Hall–Kier alpha value is -1.35. The van der Waals surface area contributed by atoms with Crippen LogP contribution in [0, 0.1) is 5.82 Å². The van der Waals surface area contributed by atoms with Crippen LogP contribution >= 0.6 is 15.9 Å². The van der Waals surface area contributed by atoms with E-state index in [1.807, 2.05) is 18.2 Å². The zero-order valence-electron chi connectivity index (χ0n) is 11.9. The van der Waals surface area contributed by atoms with Crippen LogP contribution in [0.5, 0.6) is 5.75 Å². The molecule has 1 nitrogen and oxygen atoms in total. The number of benzene rings is 2. The molecule has 2 aromatic rings. The minimum atomic E-state index is -0.255. The molecule has 0 bridgehead atoms. The minimum Gasteiger partial charge on any atom is -0.496 e. The van der Waals surface area contributed by atoms with Crippen LogP contribution in [0.3, 0.4) is 0 Å². The number of methoxy groups -OCH3 is 1. The largest absolute Gasteiger partial charge is 0.496 e. The van der Waals surface area contributed by atoms with Gasteiger partial charge in [-0.25, -0.2) is 4.39 Å². The lowest BCUT2D eigenvalue weighted by Crippen LogP contribution is -2.23. The highest BCUT2D eigenvalue weighted by Gasteiger charge is 2.32. The Labute approximate surface area is 127 Å². The second-order valence-electron chi connectivity index (χ2n) is 5.34. The van der Waals surface area contributed by atoms with Gasteiger partial charge in [0.15, 0.2) is 0 Å². The first-order valence-corrected chi connectivity index (χ1v) is 7.41. The maximum absolute atomic E-state index is 13.6. The van der Waals surface area contributed by atoms with Crippen LogP contribution in [-0.4, -0.2) is 7.11 Å². The summed E-state index contributed by atoms with van der Waals surface area (Å²) in [5.74, 6) is 0.436. The molecule has 0 heterocycles. The monoisotopic (exact) mass is 336 g/mol. The summed E-state index contributed by atoms with van der Waals surface area (Å²) in [6.07, 6.45) is 0. The zero-order valence-corrected chi connectivity index (χ0v) is 13.4. The summed E-state index contributed by atoms with van der Waals surface area (Å²) < 4.78 is 18.9. The smallest absolute Gasteiger partial charge is 0.123 e. The summed E-state index contributed by atoms with van der Waals surface area (Å²) in [5.41, 5.74) is 1.82. The summed E-state index contributed by atoms with van der Waals surface area (Å²) in [6, 6.07) is 14.8. The van der Waals surface area contributed by atoms with Gasteiger partial charge >= 0.3 is 0 Å². The molecule has 2 rings (SSSR count). The summed E-state index contributed by atoms with van der Waals surface area (Å²) in [6.45, 7) is 4.26. The number of ether oxygens (including phenoxy) is 1. The molecule has 0 aliphatic rings. The van der Waals surface area contributed by atoms with Crippen molar-refractivity contribution in [1.82, 2.24) is 0 Å². The quantitative estimate of drug-likeness (QED) is 0.693. The Bertz CT molecular complexity index is 581. The van der Waals surface area contributed by atoms with E-state index >= 15 is 0 Å². The molecule has 0 amide bonds. The highest BCUT2D eigenvalue weighted by molar-refractivity contribution is 9.09. The minimum absolute atomic E-state index is 0.0527. The average molecular weight is 337 g/mol. The summed E-state index contributed by atoms with van der Waals surface area (Å²) in [7, 11) is 1.60. The van der Waals surface area contributed by atoms with E-state index in [9.17, 15) is 4.39 Å². The predicted molar refractivity (Wildman–Crippen MR) is 84.1 cm³/mol. The molecule has 106 valence electrons. The fourth-order valence-corrected chi connectivity index (χ4v) is 2.93. The Morgan fingerprint density at radius 2 is 1.75 bits per heavy atom. The maximum Gasteiger partial charge on any atom is 0.123 e. The molecule has 0 aliphatic heterocycles. The van der Waals surface area contributed by atoms with Gasteiger partial charge in [-0.05, 0) is 23.8 Å². The van der Waals surface area contributed by atoms with Crippen LogP contribution in [0.25, 0.3) is 0 Å². The number of hydrogen-bond donors (Lipinski definition) is 0. The van der Waals surface area contributed by atoms with E-state index in [2.05, 4.69) is 41.9 Å². The molecule has 1 atom stereocenters. The van der Waals surface area contributed by atoms with E-state index < -0.39 is 0 Å². The summed E-state index contributed by atoms with van der Waals surface area (Å²) in [5, 5.41) is 0. The van der Waals surface area contributed by atoms with E-state index in [0.717, 1.165) is 5.56 Å². The molecule has 0 saturated heterocycles. The second kappa shape index (κ2) is 5.96. The molecular weight excluding hydrogens is 319 g/mol. The van der Waals surface area contributed by atoms with Crippen molar-refractivity contribution in [2.24, 2.45) is 0 Å². The van der Waals surface area contributed by atoms with Gasteiger partial charge in [-0.15, -0.1) is 0 Å². The molecule has 0 fully saturated rings. The molecule has 20 heavy (non-hydrogen) atoms. The second-order valence-corrected chi connectivity index (χ2v) is 6.25. The molecule has 3 heteroatoms. The normalized spacial score (nSPS) is 13.1. The van der Waals surface area contributed by atoms with E-state index in [-0.39, 0.29) is 16.1 Å². The fourth-order valence-electron chi connectivity index (χ4n) is 2.31. The highest BCUT2D eigenvalue weighted by atomic mass is 79.9. The molecular formula is C17H18BrFO. The van der Waals surface area contributed by atoms with Crippen LogP contribution in [0.1, 0.15) is 29.8 Å². The van der Waals surface area contributed by atoms with Crippen molar-refractivity contribution < 1.29 is 9.13 Å². The topological polar surface area (TPSA) is 9.23 Å². The maximum atomic E-state index is 13.6. The molecule has 0 saturated carbocycles. The van der Waals surface area contributed by atoms with Crippen molar-refractivity contribution in [2.45, 2.75) is 24.1 Å². The van der Waals surface area contributed by atoms with Gasteiger partial charge in [0.2, 0.25) is 0 Å². The Balaban J connectivity index is 2.45. The number of rotatable bonds is 4. The molecule has 0 N–H and O–H groups in total. The van der Waals surface area contributed by atoms with Gasteiger partial charge in [-0.3, -0.25) is 0 Å². The molecule has 2 aromatic carbocycles. The Morgan fingerprint density at radius 3 is 2.35 bits per heavy atom. The first-order chi connectivity index (χ1) is 9.46. The SMILES string of the molecule is COc1ccc(F)cc1C(Br)C(C)(C)c1ccccc1. The number of halogens is 2. The lowest BCUT2D eigenvalue weighted by atomic mass is 9.79. The number of hydrogen-bond acceptors (Lipinski definition) is 1. The zero-order chi connectivity index (χ0) is 14.8. The van der Waals surface area contributed by atoms with Crippen molar-refractivity contribution in [3.8, 4) is 5.75 Å². The number of alkyl halides is 1. The van der Waals surface area contributed by atoms with Gasteiger partial charge < -0.3 is 4.74 Å². The van der Waals surface area contributed by atoms with E-state index in [4.69, 9.17) is 4.74 Å². The van der Waals surface area contributed by atoms with Gasteiger partial charge in [0, 0.05) is 11.0 Å². The Morgan fingerprint density at radius 1 is 1.10 bits per heavy atom. The van der Waals surface area contributed by atoms with Crippen molar-refractivity contribution in [3.05, 3.63) is 65.5 Å². The molecule has 1 unspecified atom stereocenters. The van der Waals surface area contributed by atoms with Crippen LogP contribution in [0.4, 0.5) is 4.39 Å². The third kappa shape index (κ3) is 2.88. The van der Waals surface area contributed by atoms with Gasteiger partial charge in [-0.2, -0.15) is 0 Å². The fraction of sp³-hybridized carbons (Fsp3) is 0.294. The molecule has 0 radical (unpaired) electrons. The third-order valence-corrected chi connectivity index (χ3v) is 5.25. The standard InChI is InChI=1S/C17H18BrFO/c1-17(2,12-7-5-4-6-8-12)16(18)14-11-13(19)9-10-15(14)20-3/h4-11,16H,1-3H3. The first-order valence-electron chi connectivity index (χ1n) is 6.50. The first kappa shape index (κ1) is 15.0. The summed E-state index contributed by atoms with van der Waals surface area (Å²) >= 11 is 3.72. The third-order valence-electron chi connectivity index (χ3n) is 3.62. The van der Waals surface area contributed by atoms with Crippen molar-refractivity contribution in [3.63, 3.8) is 0 Å². The molecule has 0 spiro atoms. The predicted octanol–water partition coefficient (Wildman–Crippen LogP) is 5.25. The van der Waals surface area contributed by atoms with Gasteiger partial charge in [0.05, 0.1) is 11.9 Å². The van der Waals surface area contributed by atoms with Crippen LogP contribution < -0.4 is 4.74 Å². The van der Waals surface area contributed by atoms with Gasteiger partial charge in [0.25, 0.3) is 0 Å².